The van der Waals surface area contributed by atoms with Crippen molar-refractivity contribution >= 4 is 11.9 Å². The van der Waals surface area contributed by atoms with Gasteiger partial charge in [0.1, 0.15) is 5.75 Å². The smallest absolute Gasteiger partial charge is 0.416 e. The molecule has 2 aromatic carbocycles. The summed E-state index contributed by atoms with van der Waals surface area (Å²) in [4.78, 5) is 16.0. The van der Waals surface area contributed by atoms with E-state index in [0.29, 0.717) is 11.5 Å². The Morgan fingerprint density at radius 3 is 2.26 bits per heavy atom. The number of aliphatic imine (C=N–C) groups is 1. The summed E-state index contributed by atoms with van der Waals surface area (Å²) in [5.41, 5.74) is -0.228. The predicted molar refractivity (Wildman–Crippen MR) is 105 cm³/mol. The number of hydrogen-bond acceptors (Lipinski definition) is 3. The van der Waals surface area contributed by atoms with Crippen LogP contribution in [0.25, 0.3) is 0 Å². The van der Waals surface area contributed by atoms with Gasteiger partial charge >= 0.3 is 12.8 Å². The van der Waals surface area contributed by atoms with E-state index in [4.69, 9.17) is 0 Å². The Hall–Kier alpha value is -3.37. The average Bonchev–Trinajstić information content (AvgIpc) is 2.73. The van der Waals surface area contributed by atoms with E-state index >= 15 is 0 Å². The zero-order chi connectivity index (χ0) is 22.9. The SMILES string of the molecule is CN=C(NCCNC(=O)c1ccc(C(F)(F)F)cc1)NCc1ccccc1OC(F)F. The lowest BCUT2D eigenvalue weighted by atomic mass is 10.1. The van der Waals surface area contributed by atoms with Gasteiger partial charge in [-0.1, -0.05) is 18.2 Å². The number of para-hydroxylation sites is 1. The Balaban J connectivity index is 1.78. The third kappa shape index (κ3) is 7.76. The molecule has 1 amide bonds. The molecule has 0 aromatic heterocycles. The molecule has 0 heterocycles. The third-order valence-corrected chi connectivity index (χ3v) is 4.04. The number of alkyl halides is 5. The lowest BCUT2D eigenvalue weighted by Gasteiger charge is -2.14. The number of rotatable bonds is 8. The maximum Gasteiger partial charge on any atom is 0.416 e. The number of benzene rings is 2. The van der Waals surface area contributed by atoms with Crippen molar-refractivity contribution in [2.24, 2.45) is 4.99 Å². The normalized spacial score (nSPS) is 11.9. The van der Waals surface area contributed by atoms with Crippen LogP contribution in [-0.4, -0.2) is 38.6 Å². The van der Waals surface area contributed by atoms with Crippen molar-refractivity contribution in [1.29, 1.82) is 0 Å². The molecule has 11 heteroatoms. The van der Waals surface area contributed by atoms with Crippen LogP contribution < -0.4 is 20.7 Å². The first-order valence-electron chi connectivity index (χ1n) is 9.13. The standard InChI is InChI=1S/C20H21F5N4O2/c1-26-19(29-12-14-4-2-3-5-16(14)31-18(21)22)28-11-10-27-17(30)13-6-8-15(9-7-13)20(23,24)25/h2-9,18H,10-12H2,1H3,(H,27,30)(H2,26,28,29). The topological polar surface area (TPSA) is 74.8 Å². The minimum Gasteiger partial charge on any atom is -0.434 e. The van der Waals surface area contributed by atoms with E-state index in [1.807, 2.05) is 0 Å². The second-order valence-corrected chi connectivity index (χ2v) is 6.17. The van der Waals surface area contributed by atoms with Gasteiger partial charge in [0, 0.05) is 37.8 Å². The predicted octanol–water partition coefficient (Wildman–Crippen LogP) is 3.40. The first-order chi connectivity index (χ1) is 14.7. The Bertz CT molecular complexity index is 886. The highest BCUT2D eigenvalue weighted by Gasteiger charge is 2.30. The van der Waals surface area contributed by atoms with Crippen molar-refractivity contribution in [3.05, 3.63) is 65.2 Å². The summed E-state index contributed by atoms with van der Waals surface area (Å²) in [6, 6.07) is 10.2. The summed E-state index contributed by atoms with van der Waals surface area (Å²) in [6.45, 7) is -2.33. The highest BCUT2D eigenvalue weighted by Crippen LogP contribution is 2.29. The highest BCUT2D eigenvalue weighted by atomic mass is 19.4. The number of hydrogen-bond donors (Lipinski definition) is 3. The summed E-state index contributed by atoms with van der Waals surface area (Å²) in [7, 11) is 1.51. The van der Waals surface area contributed by atoms with Crippen LogP contribution in [0.3, 0.4) is 0 Å². The van der Waals surface area contributed by atoms with E-state index in [0.717, 1.165) is 24.3 Å². The van der Waals surface area contributed by atoms with Crippen LogP contribution in [0.15, 0.2) is 53.5 Å². The van der Waals surface area contributed by atoms with Crippen molar-refractivity contribution < 1.29 is 31.5 Å². The summed E-state index contributed by atoms with van der Waals surface area (Å²) < 4.78 is 67.1. The van der Waals surface area contributed by atoms with Crippen LogP contribution in [0.2, 0.25) is 0 Å². The Kier molecular flexibility index (Phi) is 8.59. The molecule has 0 aliphatic rings. The van der Waals surface area contributed by atoms with Gasteiger partial charge in [0.2, 0.25) is 0 Å². The van der Waals surface area contributed by atoms with Gasteiger partial charge in [-0.05, 0) is 30.3 Å². The van der Waals surface area contributed by atoms with E-state index < -0.39 is 24.3 Å². The van der Waals surface area contributed by atoms with Crippen molar-refractivity contribution in [2.75, 3.05) is 20.1 Å². The highest BCUT2D eigenvalue weighted by molar-refractivity contribution is 5.94. The van der Waals surface area contributed by atoms with Crippen LogP contribution in [0, 0.1) is 0 Å². The lowest BCUT2D eigenvalue weighted by molar-refractivity contribution is -0.137. The molecule has 2 aromatic rings. The number of nitrogens with zero attached hydrogens (tertiary/aromatic N) is 1. The second-order valence-electron chi connectivity index (χ2n) is 6.17. The van der Waals surface area contributed by atoms with Gasteiger partial charge in [0.25, 0.3) is 5.91 Å². The molecule has 0 saturated carbocycles. The van der Waals surface area contributed by atoms with E-state index in [1.54, 1.807) is 18.2 Å². The summed E-state index contributed by atoms with van der Waals surface area (Å²) in [6.07, 6.45) is -4.46. The zero-order valence-electron chi connectivity index (χ0n) is 16.5. The molecule has 0 aliphatic heterocycles. The Morgan fingerprint density at radius 2 is 1.65 bits per heavy atom. The molecular formula is C20H21F5N4O2. The van der Waals surface area contributed by atoms with Crippen molar-refractivity contribution in [1.82, 2.24) is 16.0 Å². The average molecular weight is 444 g/mol. The first-order valence-corrected chi connectivity index (χ1v) is 9.13. The largest absolute Gasteiger partial charge is 0.434 e. The van der Waals surface area contributed by atoms with Gasteiger partial charge in [-0.25, -0.2) is 0 Å². The third-order valence-electron chi connectivity index (χ3n) is 4.04. The number of halogens is 5. The summed E-state index contributed by atoms with van der Waals surface area (Å²) in [5.74, 6) is -0.114. The molecule has 168 valence electrons. The maximum atomic E-state index is 12.6. The van der Waals surface area contributed by atoms with Gasteiger partial charge in [0.05, 0.1) is 5.56 Å². The molecule has 0 radical (unpaired) electrons. The zero-order valence-corrected chi connectivity index (χ0v) is 16.5. The summed E-state index contributed by atoms with van der Waals surface area (Å²) >= 11 is 0. The van der Waals surface area contributed by atoms with Crippen molar-refractivity contribution in [3.63, 3.8) is 0 Å². The molecule has 0 unspecified atom stereocenters. The second kappa shape index (κ2) is 11.1. The molecular weight excluding hydrogens is 423 g/mol. The molecule has 3 N–H and O–H groups in total. The van der Waals surface area contributed by atoms with Crippen LogP contribution in [0.5, 0.6) is 5.75 Å². The Labute approximate surface area is 175 Å². The molecule has 0 saturated heterocycles. The Morgan fingerprint density at radius 1 is 1.00 bits per heavy atom. The number of carbonyl (C=O) groups excluding carboxylic acids is 1. The number of nitrogens with one attached hydrogen (secondary N) is 3. The van der Waals surface area contributed by atoms with Crippen LogP contribution in [0.1, 0.15) is 21.5 Å². The van der Waals surface area contributed by atoms with Crippen LogP contribution in [0.4, 0.5) is 22.0 Å². The maximum absolute atomic E-state index is 12.6. The van der Waals surface area contributed by atoms with Crippen molar-refractivity contribution in [3.8, 4) is 5.75 Å². The number of guanidine groups is 1. The first kappa shape index (κ1) is 23.9. The van der Waals surface area contributed by atoms with Crippen LogP contribution >= 0.6 is 0 Å². The minimum atomic E-state index is -4.46. The molecule has 0 bridgehead atoms. The van der Waals surface area contributed by atoms with Crippen molar-refractivity contribution in [2.45, 2.75) is 19.3 Å². The fourth-order valence-corrected chi connectivity index (χ4v) is 2.53. The van der Waals surface area contributed by atoms with Gasteiger partial charge in [-0.15, -0.1) is 0 Å². The molecule has 2 rings (SSSR count). The lowest BCUT2D eigenvalue weighted by Crippen LogP contribution is -2.41. The van der Waals surface area contributed by atoms with Gasteiger partial charge in [-0.2, -0.15) is 22.0 Å². The van der Waals surface area contributed by atoms with E-state index in [2.05, 4.69) is 25.7 Å². The minimum absolute atomic E-state index is 0.0456. The van der Waals surface area contributed by atoms with Crippen LogP contribution in [-0.2, 0) is 12.7 Å². The van der Waals surface area contributed by atoms with E-state index in [1.165, 1.54) is 13.1 Å². The van der Waals surface area contributed by atoms with Gasteiger partial charge in [0.15, 0.2) is 5.96 Å². The van der Waals surface area contributed by atoms with E-state index in [-0.39, 0.29) is 30.9 Å². The number of ether oxygens (including phenoxy) is 1. The molecule has 0 spiro atoms. The molecule has 0 fully saturated rings. The molecule has 0 atom stereocenters. The molecule has 6 nitrogen and oxygen atoms in total. The van der Waals surface area contributed by atoms with Gasteiger partial charge < -0.3 is 20.7 Å². The van der Waals surface area contributed by atoms with E-state index in [9.17, 15) is 26.7 Å². The van der Waals surface area contributed by atoms with Gasteiger partial charge in [-0.3, -0.25) is 9.79 Å². The monoisotopic (exact) mass is 444 g/mol. The fraction of sp³-hybridized carbons (Fsp3) is 0.300. The summed E-state index contributed by atoms with van der Waals surface area (Å²) in [5, 5.41) is 8.43. The fourth-order valence-electron chi connectivity index (χ4n) is 2.53. The number of carbonyl (C=O) groups is 1. The quantitative estimate of drug-likeness (QED) is 0.253. The number of amides is 1. The molecule has 31 heavy (non-hydrogen) atoms. The molecule has 0 aliphatic carbocycles.